The summed E-state index contributed by atoms with van der Waals surface area (Å²) in [5, 5.41) is 12.6. The van der Waals surface area contributed by atoms with Crippen LogP contribution in [0, 0.1) is 20.8 Å². The number of nitrogens with zero attached hydrogens (tertiary/aromatic N) is 1. The lowest BCUT2D eigenvalue weighted by atomic mass is 9.82. The Labute approximate surface area is 218 Å². The predicted octanol–water partition coefficient (Wildman–Crippen LogP) is 5.50. The van der Waals surface area contributed by atoms with Gasteiger partial charge in [-0.05, 0) is 93.3 Å². The Hall–Kier alpha value is -4.00. The molecule has 0 radical (unpaired) electrons. The molecule has 0 aliphatic carbocycles. The number of carbonyl (C=O) groups is 2. The first kappa shape index (κ1) is 26.1. The van der Waals surface area contributed by atoms with Crippen LogP contribution in [0.25, 0.3) is 0 Å². The van der Waals surface area contributed by atoms with E-state index in [0.29, 0.717) is 35.7 Å². The summed E-state index contributed by atoms with van der Waals surface area (Å²) < 4.78 is 12.2. The Morgan fingerprint density at radius 3 is 2.54 bits per heavy atom. The topological polar surface area (TPSA) is 88.1 Å². The second-order valence-corrected chi connectivity index (χ2v) is 10.2. The van der Waals surface area contributed by atoms with Crippen molar-refractivity contribution in [3.63, 3.8) is 0 Å². The smallest absolute Gasteiger partial charge is 0.313 e. The Kier molecular flexibility index (Phi) is 7.16. The second-order valence-electron chi connectivity index (χ2n) is 10.2. The van der Waals surface area contributed by atoms with Gasteiger partial charge in [0.2, 0.25) is 0 Å². The Morgan fingerprint density at radius 1 is 1.08 bits per heavy atom. The normalized spacial score (nSPS) is 15.0. The van der Waals surface area contributed by atoms with Gasteiger partial charge in [0.25, 0.3) is 5.91 Å². The number of hydrogen-bond donors (Lipinski definition) is 2. The van der Waals surface area contributed by atoms with Crippen LogP contribution in [0.4, 0.5) is 11.4 Å². The largest absolute Gasteiger partial charge is 0.489 e. The lowest BCUT2D eigenvalue weighted by molar-refractivity contribution is -0.142. The van der Waals surface area contributed by atoms with E-state index in [1.807, 2.05) is 64.2 Å². The minimum Gasteiger partial charge on any atom is -0.489 e. The molecule has 0 saturated heterocycles. The number of anilines is 2. The number of carboxylic acid groups (broad SMARTS) is 1. The Morgan fingerprint density at radius 2 is 1.81 bits per heavy atom. The van der Waals surface area contributed by atoms with Crippen LogP contribution in [-0.2, 0) is 10.2 Å². The zero-order valence-electron chi connectivity index (χ0n) is 22.2. The molecule has 1 aliphatic heterocycles. The van der Waals surface area contributed by atoms with E-state index in [0.717, 1.165) is 28.1 Å². The predicted molar refractivity (Wildman–Crippen MR) is 145 cm³/mol. The summed E-state index contributed by atoms with van der Waals surface area (Å²) in [5.41, 5.74) is 4.30. The van der Waals surface area contributed by atoms with Crippen molar-refractivity contribution >= 4 is 23.3 Å². The molecule has 1 amide bonds. The molecular weight excluding hydrogens is 468 g/mol. The van der Waals surface area contributed by atoms with Gasteiger partial charge in [0.15, 0.2) is 0 Å². The van der Waals surface area contributed by atoms with Gasteiger partial charge in [-0.15, -0.1) is 0 Å². The summed E-state index contributed by atoms with van der Waals surface area (Å²) in [4.78, 5) is 27.1. The van der Waals surface area contributed by atoms with Crippen LogP contribution in [0.2, 0.25) is 0 Å². The number of benzene rings is 3. The third-order valence-electron chi connectivity index (χ3n) is 7.16. The molecule has 0 aromatic heterocycles. The van der Waals surface area contributed by atoms with E-state index < -0.39 is 11.4 Å². The number of rotatable bonds is 7. The van der Waals surface area contributed by atoms with Crippen LogP contribution < -0.4 is 19.7 Å². The first-order valence-electron chi connectivity index (χ1n) is 12.3. The Bertz CT molecular complexity index is 1350. The third kappa shape index (κ3) is 5.26. The first-order chi connectivity index (χ1) is 17.5. The molecule has 3 aromatic carbocycles. The van der Waals surface area contributed by atoms with Gasteiger partial charge in [0, 0.05) is 18.3 Å². The molecule has 0 bridgehead atoms. The fourth-order valence-corrected chi connectivity index (χ4v) is 4.65. The number of carboxylic acids is 1. The monoisotopic (exact) mass is 502 g/mol. The second kappa shape index (κ2) is 10.2. The highest BCUT2D eigenvalue weighted by molar-refractivity contribution is 6.05. The van der Waals surface area contributed by atoms with E-state index in [9.17, 15) is 14.7 Å². The minimum atomic E-state index is -1.07. The van der Waals surface area contributed by atoms with Crippen molar-refractivity contribution in [2.24, 2.45) is 0 Å². The number of amides is 1. The number of aliphatic carboxylic acids is 1. The molecule has 7 heteroatoms. The van der Waals surface area contributed by atoms with Crippen LogP contribution in [0.5, 0.6) is 11.5 Å². The van der Waals surface area contributed by atoms with Gasteiger partial charge in [-0.3, -0.25) is 9.59 Å². The number of nitrogens with one attached hydrogen (secondary N) is 1. The molecule has 0 fully saturated rings. The quantitative estimate of drug-likeness (QED) is 0.443. The fourth-order valence-electron chi connectivity index (χ4n) is 4.65. The molecule has 0 saturated carbocycles. The van der Waals surface area contributed by atoms with E-state index in [1.54, 1.807) is 32.0 Å². The van der Waals surface area contributed by atoms with Crippen LogP contribution in [-0.4, -0.2) is 43.3 Å². The summed E-state index contributed by atoms with van der Waals surface area (Å²) in [6, 6.07) is 16.9. The van der Waals surface area contributed by atoms with Gasteiger partial charge in [0.05, 0.1) is 17.6 Å². The Balaban J connectivity index is 1.46. The molecule has 0 spiro atoms. The molecule has 1 aliphatic rings. The van der Waals surface area contributed by atoms with Crippen molar-refractivity contribution in [1.82, 2.24) is 0 Å². The molecule has 0 unspecified atom stereocenters. The molecule has 4 rings (SSSR count). The third-order valence-corrected chi connectivity index (χ3v) is 7.16. The molecule has 1 heterocycles. The number of para-hydroxylation sites is 2. The molecule has 194 valence electrons. The number of hydrogen-bond acceptors (Lipinski definition) is 5. The maximum Gasteiger partial charge on any atom is 0.313 e. The van der Waals surface area contributed by atoms with Crippen molar-refractivity contribution in [3.05, 3.63) is 82.4 Å². The van der Waals surface area contributed by atoms with E-state index in [1.165, 1.54) is 0 Å². The zero-order valence-corrected chi connectivity index (χ0v) is 22.2. The molecular formula is C30H34N2O5. The maximum atomic E-state index is 13.1. The van der Waals surface area contributed by atoms with Crippen LogP contribution in [0.15, 0.2) is 54.6 Å². The highest BCUT2D eigenvalue weighted by Gasteiger charge is 2.31. The number of fused-ring (bicyclic) bond motifs is 1. The van der Waals surface area contributed by atoms with Crippen molar-refractivity contribution in [1.29, 1.82) is 0 Å². The number of carbonyl (C=O) groups excluding carboxylic acids is 1. The molecule has 37 heavy (non-hydrogen) atoms. The van der Waals surface area contributed by atoms with Crippen LogP contribution in [0.1, 0.15) is 46.5 Å². The summed E-state index contributed by atoms with van der Waals surface area (Å²) in [5.74, 6) is 0.371. The van der Waals surface area contributed by atoms with Gasteiger partial charge in [-0.25, -0.2) is 0 Å². The summed E-state index contributed by atoms with van der Waals surface area (Å²) in [6.07, 6.45) is -0.117. The summed E-state index contributed by atoms with van der Waals surface area (Å²) >= 11 is 0. The van der Waals surface area contributed by atoms with Crippen molar-refractivity contribution in [3.8, 4) is 11.5 Å². The molecule has 1 atom stereocenters. The minimum absolute atomic E-state index is 0.117. The van der Waals surface area contributed by atoms with E-state index in [-0.39, 0.29) is 12.0 Å². The van der Waals surface area contributed by atoms with Crippen LogP contribution in [0.3, 0.4) is 0 Å². The van der Waals surface area contributed by atoms with Gasteiger partial charge in [-0.2, -0.15) is 0 Å². The highest BCUT2D eigenvalue weighted by atomic mass is 16.5. The van der Waals surface area contributed by atoms with E-state index in [4.69, 9.17) is 9.47 Å². The molecule has 3 aromatic rings. The standard InChI is InChI=1S/C30H34N2O5/c1-18-11-12-21(15-24(18)30(4,5)29(34)35)31-28(33)23-13-14-26(20(3)19(23)2)36-17-22-16-32(6)25-9-7-8-10-27(25)37-22/h7-15,22H,16-17H2,1-6H3,(H,31,33)(H,34,35)/t22-/m0/s1. The average Bonchev–Trinajstić information content (AvgIpc) is 2.86. The fraction of sp³-hybridized carbons (Fsp3) is 0.333. The average molecular weight is 503 g/mol. The SMILES string of the molecule is Cc1ccc(NC(=O)c2ccc(OC[C@@H]3CN(C)c4ccccc4O3)c(C)c2C)cc1C(C)(C)C(=O)O. The van der Waals surface area contributed by atoms with Gasteiger partial charge in [0.1, 0.15) is 24.2 Å². The maximum absolute atomic E-state index is 13.1. The van der Waals surface area contributed by atoms with Crippen LogP contribution >= 0.6 is 0 Å². The van der Waals surface area contributed by atoms with E-state index in [2.05, 4.69) is 10.2 Å². The number of likely N-dealkylation sites (N-methyl/N-ethyl adjacent to an activating group) is 1. The zero-order chi connectivity index (χ0) is 26.9. The van der Waals surface area contributed by atoms with Crippen molar-refractivity contribution < 1.29 is 24.2 Å². The first-order valence-corrected chi connectivity index (χ1v) is 12.3. The molecule has 2 N–H and O–H groups in total. The van der Waals surface area contributed by atoms with Gasteiger partial charge >= 0.3 is 5.97 Å². The molecule has 7 nitrogen and oxygen atoms in total. The van der Waals surface area contributed by atoms with Gasteiger partial charge < -0.3 is 24.8 Å². The lowest BCUT2D eigenvalue weighted by Gasteiger charge is -2.33. The van der Waals surface area contributed by atoms with Gasteiger partial charge in [-0.1, -0.05) is 18.2 Å². The number of aryl methyl sites for hydroxylation is 1. The summed E-state index contributed by atoms with van der Waals surface area (Å²) in [7, 11) is 2.04. The van der Waals surface area contributed by atoms with Crippen molar-refractivity contribution in [2.75, 3.05) is 30.4 Å². The lowest BCUT2D eigenvalue weighted by Crippen LogP contribution is -2.41. The summed E-state index contributed by atoms with van der Waals surface area (Å²) in [6.45, 7) is 10.1. The number of ether oxygens (including phenoxy) is 2. The van der Waals surface area contributed by atoms with E-state index >= 15 is 0 Å². The highest BCUT2D eigenvalue weighted by Crippen LogP contribution is 2.33. The van der Waals surface area contributed by atoms with Crippen molar-refractivity contribution in [2.45, 2.75) is 46.1 Å².